The summed E-state index contributed by atoms with van der Waals surface area (Å²) in [7, 11) is 0. The lowest BCUT2D eigenvalue weighted by Crippen LogP contribution is -2.26. The number of benzene rings is 2. The number of carbonyl (C=O) groups excluding carboxylic acids is 1. The van der Waals surface area contributed by atoms with Crippen molar-refractivity contribution < 1.29 is 4.79 Å². The van der Waals surface area contributed by atoms with Gasteiger partial charge in [-0.2, -0.15) is 0 Å². The average Bonchev–Trinajstić information content (AvgIpc) is 2.65. The van der Waals surface area contributed by atoms with Crippen LogP contribution in [-0.4, -0.2) is 23.9 Å². The van der Waals surface area contributed by atoms with Crippen LogP contribution in [0.25, 0.3) is 0 Å². The van der Waals surface area contributed by atoms with Crippen molar-refractivity contribution in [3.05, 3.63) is 70.8 Å². The van der Waals surface area contributed by atoms with Crippen molar-refractivity contribution >= 4 is 5.91 Å². The van der Waals surface area contributed by atoms with Crippen LogP contribution >= 0.6 is 0 Å². The lowest BCUT2D eigenvalue weighted by atomic mass is 10.1. The second-order valence-electron chi connectivity index (χ2n) is 5.96. The Morgan fingerprint density at radius 3 is 2.12 bits per heavy atom. The zero-order chi connectivity index (χ0) is 17.4. The van der Waals surface area contributed by atoms with Gasteiger partial charge in [-0.25, -0.2) is 0 Å². The maximum atomic E-state index is 12.3. The Bertz CT molecular complexity index is 645. The molecule has 1 amide bonds. The molecular formula is C21H28N2O. The fourth-order valence-electron chi connectivity index (χ4n) is 2.74. The summed E-state index contributed by atoms with van der Waals surface area (Å²) < 4.78 is 0. The molecule has 0 aromatic heterocycles. The van der Waals surface area contributed by atoms with Gasteiger partial charge in [0, 0.05) is 18.7 Å². The van der Waals surface area contributed by atoms with Crippen LogP contribution in [-0.2, 0) is 19.5 Å². The molecule has 0 atom stereocenters. The number of hydrogen-bond acceptors (Lipinski definition) is 2. The molecule has 128 valence electrons. The minimum Gasteiger partial charge on any atom is -0.348 e. The summed E-state index contributed by atoms with van der Waals surface area (Å²) in [5.41, 5.74) is 4.43. The van der Waals surface area contributed by atoms with E-state index < -0.39 is 0 Å². The predicted octanol–water partition coefficient (Wildman–Crippen LogP) is 4.02. The van der Waals surface area contributed by atoms with E-state index in [4.69, 9.17) is 0 Å². The van der Waals surface area contributed by atoms with Crippen LogP contribution in [0.4, 0.5) is 0 Å². The summed E-state index contributed by atoms with van der Waals surface area (Å²) in [6.45, 7) is 10.0. The fraction of sp³-hybridized carbons (Fsp3) is 0.381. The van der Waals surface area contributed by atoms with Gasteiger partial charge in [-0.3, -0.25) is 9.69 Å². The summed E-state index contributed by atoms with van der Waals surface area (Å²) in [5.74, 6) is -0.0182. The molecule has 0 bridgehead atoms. The first-order valence-electron chi connectivity index (χ1n) is 8.84. The first-order chi connectivity index (χ1) is 11.7. The number of aryl methyl sites for hydroxylation is 1. The van der Waals surface area contributed by atoms with E-state index in [0.29, 0.717) is 12.1 Å². The van der Waals surface area contributed by atoms with Gasteiger partial charge in [0.1, 0.15) is 0 Å². The quantitative estimate of drug-likeness (QED) is 0.795. The van der Waals surface area contributed by atoms with Gasteiger partial charge in [0.2, 0.25) is 0 Å². The van der Waals surface area contributed by atoms with Crippen molar-refractivity contribution in [2.75, 3.05) is 13.1 Å². The van der Waals surface area contributed by atoms with Crippen molar-refractivity contribution in [2.45, 2.75) is 40.3 Å². The maximum Gasteiger partial charge on any atom is 0.251 e. The second-order valence-corrected chi connectivity index (χ2v) is 5.96. The molecule has 3 heteroatoms. The standard InChI is InChI=1S/C21H28N2O/c1-4-17-11-13-18(14-12-17)21(24)22-15-19-9-7-8-10-20(19)16-23(5-2)6-3/h7-14H,4-6,15-16H2,1-3H3,(H,22,24). The van der Waals surface area contributed by atoms with Crippen LogP contribution in [0.5, 0.6) is 0 Å². The molecule has 0 spiro atoms. The Kier molecular flexibility index (Phi) is 7.01. The molecule has 2 rings (SSSR count). The highest BCUT2D eigenvalue weighted by Crippen LogP contribution is 2.12. The Hall–Kier alpha value is -2.13. The lowest BCUT2D eigenvalue weighted by molar-refractivity contribution is 0.0950. The topological polar surface area (TPSA) is 32.3 Å². The van der Waals surface area contributed by atoms with Crippen LogP contribution in [0.3, 0.4) is 0 Å². The number of nitrogens with one attached hydrogen (secondary N) is 1. The van der Waals surface area contributed by atoms with Crippen LogP contribution in [0.15, 0.2) is 48.5 Å². The number of hydrogen-bond donors (Lipinski definition) is 1. The third-order valence-electron chi connectivity index (χ3n) is 4.47. The van der Waals surface area contributed by atoms with Crippen molar-refractivity contribution in [2.24, 2.45) is 0 Å². The molecule has 1 N–H and O–H groups in total. The number of amides is 1. The monoisotopic (exact) mass is 324 g/mol. The molecule has 0 fully saturated rings. The van der Waals surface area contributed by atoms with E-state index in [9.17, 15) is 4.79 Å². The third kappa shape index (κ3) is 4.93. The van der Waals surface area contributed by atoms with Gasteiger partial charge in [0.15, 0.2) is 0 Å². The van der Waals surface area contributed by atoms with Gasteiger partial charge < -0.3 is 5.32 Å². The fourth-order valence-corrected chi connectivity index (χ4v) is 2.74. The Morgan fingerprint density at radius 2 is 1.54 bits per heavy atom. The molecule has 0 heterocycles. The van der Waals surface area contributed by atoms with E-state index in [-0.39, 0.29) is 5.91 Å². The van der Waals surface area contributed by atoms with Gasteiger partial charge in [-0.1, -0.05) is 57.2 Å². The second kappa shape index (κ2) is 9.24. The van der Waals surface area contributed by atoms with Gasteiger partial charge in [0.25, 0.3) is 5.91 Å². The van der Waals surface area contributed by atoms with E-state index >= 15 is 0 Å². The van der Waals surface area contributed by atoms with Crippen LogP contribution in [0.1, 0.15) is 47.8 Å². The zero-order valence-corrected chi connectivity index (χ0v) is 15.0. The van der Waals surface area contributed by atoms with Crippen LogP contribution in [0.2, 0.25) is 0 Å². The minimum absolute atomic E-state index is 0.0182. The Labute approximate surface area is 145 Å². The molecule has 0 unspecified atom stereocenters. The van der Waals surface area contributed by atoms with E-state index in [1.54, 1.807) is 0 Å². The van der Waals surface area contributed by atoms with E-state index in [0.717, 1.165) is 26.1 Å². The zero-order valence-electron chi connectivity index (χ0n) is 15.0. The number of carbonyl (C=O) groups is 1. The predicted molar refractivity (Wildman–Crippen MR) is 100 cm³/mol. The molecular weight excluding hydrogens is 296 g/mol. The molecule has 2 aromatic rings. The number of rotatable bonds is 8. The van der Waals surface area contributed by atoms with Gasteiger partial charge >= 0.3 is 0 Å². The van der Waals surface area contributed by atoms with Gasteiger partial charge in [-0.15, -0.1) is 0 Å². The molecule has 0 aliphatic carbocycles. The van der Waals surface area contributed by atoms with Crippen molar-refractivity contribution in [1.29, 1.82) is 0 Å². The summed E-state index contributed by atoms with van der Waals surface area (Å²) in [5, 5.41) is 3.04. The van der Waals surface area contributed by atoms with Crippen molar-refractivity contribution in [3.8, 4) is 0 Å². The maximum absolute atomic E-state index is 12.3. The molecule has 0 aliphatic heterocycles. The van der Waals surface area contributed by atoms with Crippen LogP contribution in [0, 0.1) is 0 Å². The smallest absolute Gasteiger partial charge is 0.251 e. The first kappa shape index (κ1) is 18.2. The van der Waals surface area contributed by atoms with E-state index in [1.165, 1.54) is 16.7 Å². The SMILES string of the molecule is CCc1ccc(C(=O)NCc2ccccc2CN(CC)CC)cc1. The first-order valence-corrected chi connectivity index (χ1v) is 8.84. The average molecular weight is 324 g/mol. The molecule has 2 aromatic carbocycles. The highest BCUT2D eigenvalue weighted by molar-refractivity contribution is 5.94. The summed E-state index contributed by atoms with van der Waals surface area (Å²) >= 11 is 0. The van der Waals surface area contributed by atoms with Gasteiger partial charge in [0.05, 0.1) is 0 Å². The number of nitrogens with zero attached hydrogens (tertiary/aromatic N) is 1. The van der Waals surface area contributed by atoms with Crippen molar-refractivity contribution in [3.63, 3.8) is 0 Å². The summed E-state index contributed by atoms with van der Waals surface area (Å²) in [6.07, 6.45) is 0.987. The highest BCUT2D eigenvalue weighted by atomic mass is 16.1. The molecule has 0 saturated heterocycles. The summed E-state index contributed by atoms with van der Waals surface area (Å²) in [4.78, 5) is 14.7. The molecule has 24 heavy (non-hydrogen) atoms. The Balaban J connectivity index is 2.01. The van der Waals surface area contributed by atoms with E-state index in [2.05, 4.69) is 49.2 Å². The minimum atomic E-state index is -0.0182. The third-order valence-corrected chi connectivity index (χ3v) is 4.47. The normalized spacial score (nSPS) is 10.8. The molecule has 3 nitrogen and oxygen atoms in total. The lowest BCUT2D eigenvalue weighted by Gasteiger charge is -2.20. The van der Waals surface area contributed by atoms with Gasteiger partial charge in [-0.05, 0) is 48.3 Å². The molecule has 0 aliphatic rings. The van der Waals surface area contributed by atoms with Crippen LogP contribution < -0.4 is 5.32 Å². The highest BCUT2D eigenvalue weighted by Gasteiger charge is 2.09. The molecule has 0 saturated carbocycles. The largest absolute Gasteiger partial charge is 0.348 e. The van der Waals surface area contributed by atoms with Crippen molar-refractivity contribution in [1.82, 2.24) is 10.2 Å². The molecule has 0 radical (unpaired) electrons. The van der Waals surface area contributed by atoms with E-state index in [1.807, 2.05) is 30.3 Å². The summed E-state index contributed by atoms with van der Waals surface area (Å²) in [6, 6.07) is 16.2. The Morgan fingerprint density at radius 1 is 0.917 bits per heavy atom.